The molecule has 43 heavy (non-hydrogen) atoms. The van der Waals surface area contributed by atoms with Gasteiger partial charge in [-0.3, -0.25) is 14.5 Å². The van der Waals surface area contributed by atoms with E-state index >= 15 is 4.39 Å². The van der Waals surface area contributed by atoms with Crippen LogP contribution in [0.5, 0.6) is 5.75 Å². The average Bonchev–Trinajstić information content (AvgIpc) is 3.30. The third-order valence-corrected chi connectivity index (χ3v) is 9.76. The first-order valence-corrected chi connectivity index (χ1v) is 14.9. The summed E-state index contributed by atoms with van der Waals surface area (Å²) in [6.45, 7) is 6.96. The van der Waals surface area contributed by atoms with Gasteiger partial charge < -0.3 is 14.7 Å². The van der Waals surface area contributed by atoms with Crippen LogP contribution >= 0.6 is 0 Å². The number of hydrogen-bond acceptors (Lipinski definition) is 4. The van der Waals surface area contributed by atoms with Crippen molar-refractivity contribution in [2.45, 2.75) is 81.6 Å². The Labute approximate surface area is 250 Å². The quantitative estimate of drug-likeness (QED) is 0.376. The van der Waals surface area contributed by atoms with Gasteiger partial charge in [0.05, 0.1) is 18.6 Å². The highest BCUT2D eigenvalue weighted by Gasteiger charge is 2.57. The largest absolute Gasteiger partial charge is 0.497 e. The molecule has 0 bridgehead atoms. The van der Waals surface area contributed by atoms with Crippen LogP contribution in [0.25, 0.3) is 0 Å². The van der Waals surface area contributed by atoms with Crippen LogP contribution in [0.3, 0.4) is 0 Å². The van der Waals surface area contributed by atoms with Crippen LogP contribution in [-0.2, 0) is 15.8 Å². The van der Waals surface area contributed by atoms with E-state index in [-0.39, 0.29) is 23.9 Å². The Morgan fingerprint density at radius 3 is 2.12 bits per heavy atom. The van der Waals surface area contributed by atoms with Gasteiger partial charge in [-0.1, -0.05) is 18.2 Å². The lowest BCUT2D eigenvalue weighted by Gasteiger charge is -2.39. The predicted molar refractivity (Wildman–Crippen MR) is 154 cm³/mol. The minimum absolute atomic E-state index is 0.0264. The van der Waals surface area contributed by atoms with Crippen molar-refractivity contribution < 1.29 is 37.0 Å². The molecule has 2 aliphatic heterocycles. The van der Waals surface area contributed by atoms with Crippen molar-refractivity contribution in [3.63, 3.8) is 0 Å². The lowest BCUT2D eigenvalue weighted by atomic mass is 9.68. The molecule has 2 aromatic carbocycles. The number of aliphatic carboxylic acids is 1. The summed E-state index contributed by atoms with van der Waals surface area (Å²) in [7, 11) is 1.56. The van der Waals surface area contributed by atoms with Gasteiger partial charge in [-0.2, -0.15) is 13.2 Å². The summed E-state index contributed by atoms with van der Waals surface area (Å²) in [4.78, 5) is 28.9. The Morgan fingerprint density at radius 2 is 1.58 bits per heavy atom. The highest BCUT2D eigenvalue weighted by Crippen LogP contribution is 2.48. The topological polar surface area (TPSA) is 70.1 Å². The molecule has 3 aliphatic rings. The molecular weight excluding hydrogens is 564 g/mol. The van der Waals surface area contributed by atoms with Crippen molar-refractivity contribution in [1.29, 1.82) is 0 Å². The molecule has 0 spiro atoms. The maximum atomic E-state index is 17.1. The van der Waals surface area contributed by atoms with E-state index < -0.39 is 41.1 Å². The first-order chi connectivity index (χ1) is 20.1. The third-order valence-electron chi connectivity index (χ3n) is 9.76. The molecule has 1 amide bonds. The zero-order chi connectivity index (χ0) is 31.3. The molecule has 3 fully saturated rings. The van der Waals surface area contributed by atoms with E-state index in [0.717, 1.165) is 17.2 Å². The number of alkyl halides is 4. The Morgan fingerprint density at radius 1 is 0.953 bits per heavy atom. The second-order valence-electron chi connectivity index (χ2n) is 13.4. The van der Waals surface area contributed by atoms with Gasteiger partial charge in [-0.25, -0.2) is 4.39 Å². The summed E-state index contributed by atoms with van der Waals surface area (Å²) in [5, 5.41) is 9.31. The van der Waals surface area contributed by atoms with Crippen molar-refractivity contribution in [1.82, 2.24) is 9.80 Å². The lowest BCUT2D eigenvalue weighted by molar-refractivity contribution is -0.146. The molecule has 1 aliphatic carbocycles. The Bertz CT molecular complexity index is 1340. The molecule has 0 aromatic heterocycles. The second kappa shape index (κ2) is 11.4. The van der Waals surface area contributed by atoms with Gasteiger partial charge in [0.15, 0.2) is 0 Å². The summed E-state index contributed by atoms with van der Waals surface area (Å²) in [5.74, 6) is -2.39. The number of carboxylic acids is 1. The molecule has 2 saturated heterocycles. The van der Waals surface area contributed by atoms with Crippen LogP contribution in [0.1, 0.15) is 86.5 Å². The number of methoxy groups -OCH3 is 1. The zero-order valence-electron chi connectivity index (χ0n) is 25.1. The minimum Gasteiger partial charge on any atom is -0.497 e. The van der Waals surface area contributed by atoms with Crippen LogP contribution in [-0.4, -0.2) is 71.3 Å². The maximum absolute atomic E-state index is 17.1. The molecule has 1 N–H and O–H groups in total. The molecule has 2 atom stereocenters. The standard InChI is InChI=1S/C33H40F4N2O4/c1-31(2,3)39-18-28(21-5-8-25(43-4)9-6-21)32(34,19-39)30(42)38-13-11-20(12-14-38)26-10-7-24(33(35,36)37)17-27(26)22-15-23(16-22)29(40)41/h5-10,17,20,22-23,28H,11-16,18-19H2,1-4H3,(H,40,41)/t22?,23?,28-,32-/m0/s1. The number of hydrogen-bond donors (Lipinski definition) is 1. The fraction of sp³-hybridized carbons (Fsp3) is 0.576. The number of ether oxygens (including phenoxy) is 1. The number of rotatable bonds is 6. The van der Waals surface area contributed by atoms with Crippen molar-refractivity contribution in [3.05, 3.63) is 64.7 Å². The smallest absolute Gasteiger partial charge is 0.416 e. The highest BCUT2D eigenvalue weighted by molar-refractivity contribution is 5.87. The van der Waals surface area contributed by atoms with E-state index in [1.165, 1.54) is 12.1 Å². The van der Waals surface area contributed by atoms with E-state index in [1.807, 2.05) is 37.8 Å². The molecule has 0 unspecified atom stereocenters. The summed E-state index contributed by atoms with van der Waals surface area (Å²) in [6, 6.07) is 10.9. The lowest BCUT2D eigenvalue weighted by Crippen LogP contribution is -2.53. The minimum atomic E-state index is -4.50. The first kappa shape index (κ1) is 31.3. The number of carbonyl (C=O) groups excluding carboxylic acids is 1. The van der Waals surface area contributed by atoms with Gasteiger partial charge >= 0.3 is 12.1 Å². The van der Waals surface area contributed by atoms with E-state index in [2.05, 4.69) is 0 Å². The fourth-order valence-electron chi connectivity index (χ4n) is 6.96. The number of likely N-dealkylation sites (tertiary alicyclic amines) is 2. The molecule has 234 valence electrons. The second-order valence-corrected chi connectivity index (χ2v) is 13.4. The Balaban J connectivity index is 1.35. The van der Waals surface area contributed by atoms with Crippen LogP contribution in [0.2, 0.25) is 0 Å². The highest BCUT2D eigenvalue weighted by atomic mass is 19.4. The van der Waals surface area contributed by atoms with E-state index in [0.29, 0.717) is 56.6 Å². The van der Waals surface area contributed by atoms with Crippen LogP contribution in [0.15, 0.2) is 42.5 Å². The van der Waals surface area contributed by atoms with Gasteiger partial charge in [-0.15, -0.1) is 0 Å². The molecular formula is C33H40F4N2O4. The summed E-state index contributed by atoms with van der Waals surface area (Å²) < 4.78 is 63.0. The molecule has 2 heterocycles. The molecule has 0 radical (unpaired) electrons. The van der Waals surface area contributed by atoms with Gasteiger partial charge in [0.1, 0.15) is 5.75 Å². The average molecular weight is 605 g/mol. The number of piperidine rings is 1. The fourth-order valence-corrected chi connectivity index (χ4v) is 6.96. The SMILES string of the molecule is COc1ccc([C@@H]2CN(C(C)(C)C)C[C@@]2(F)C(=O)N2CCC(c3ccc(C(F)(F)F)cc3C3CC(C(=O)O)C3)CC2)cc1. The van der Waals surface area contributed by atoms with Crippen molar-refractivity contribution >= 4 is 11.9 Å². The van der Waals surface area contributed by atoms with Crippen molar-refractivity contribution in [2.24, 2.45) is 5.92 Å². The third kappa shape index (κ3) is 6.12. The number of amides is 1. The van der Waals surface area contributed by atoms with E-state index in [9.17, 15) is 27.9 Å². The summed E-state index contributed by atoms with van der Waals surface area (Å²) >= 11 is 0. The maximum Gasteiger partial charge on any atom is 0.416 e. The van der Waals surface area contributed by atoms with Gasteiger partial charge in [0.25, 0.3) is 5.91 Å². The monoisotopic (exact) mass is 604 g/mol. The van der Waals surface area contributed by atoms with Crippen LogP contribution in [0, 0.1) is 5.92 Å². The molecule has 2 aromatic rings. The Hall–Kier alpha value is -3.14. The number of halogens is 4. The summed E-state index contributed by atoms with van der Waals surface area (Å²) in [6.07, 6.45) is -2.90. The zero-order valence-corrected chi connectivity index (χ0v) is 25.1. The summed E-state index contributed by atoms with van der Waals surface area (Å²) in [5.41, 5.74) is -1.16. The van der Waals surface area contributed by atoms with Crippen LogP contribution < -0.4 is 4.74 Å². The molecule has 6 nitrogen and oxygen atoms in total. The Kier molecular flexibility index (Phi) is 8.31. The molecule has 5 rings (SSSR count). The van der Waals surface area contributed by atoms with Crippen molar-refractivity contribution in [3.8, 4) is 5.75 Å². The van der Waals surface area contributed by atoms with Crippen molar-refractivity contribution in [2.75, 3.05) is 33.3 Å². The number of carboxylic acid groups (broad SMARTS) is 1. The number of benzene rings is 2. The van der Waals surface area contributed by atoms with E-state index in [4.69, 9.17) is 4.74 Å². The molecule has 1 saturated carbocycles. The van der Waals surface area contributed by atoms with E-state index in [1.54, 1.807) is 24.1 Å². The first-order valence-electron chi connectivity index (χ1n) is 14.9. The number of carbonyl (C=O) groups is 2. The van der Waals surface area contributed by atoms with Gasteiger partial charge in [-0.05, 0) is 99.2 Å². The van der Waals surface area contributed by atoms with Crippen LogP contribution in [0.4, 0.5) is 17.6 Å². The molecule has 10 heteroatoms. The van der Waals surface area contributed by atoms with Gasteiger partial charge in [0, 0.05) is 37.6 Å². The predicted octanol–water partition coefficient (Wildman–Crippen LogP) is 6.60. The number of nitrogens with zero attached hydrogens (tertiary/aromatic N) is 2. The van der Waals surface area contributed by atoms with Gasteiger partial charge in [0.2, 0.25) is 5.67 Å². The normalized spacial score (nSPS) is 27.2.